The average molecular weight is 331 g/mol. The highest BCUT2D eigenvalue weighted by Gasteiger charge is 2.06. The molecule has 3 nitrogen and oxygen atoms in total. The molecule has 0 aromatic heterocycles. The Kier molecular flexibility index (Phi) is 5.31. The molecule has 0 aliphatic carbocycles. The molecule has 0 amide bonds. The number of aliphatic hydroxyl groups is 1. The van der Waals surface area contributed by atoms with Gasteiger partial charge in [0, 0.05) is 17.6 Å². The second kappa shape index (κ2) is 7.20. The van der Waals surface area contributed by atoms with Crippen LogP contribution >= 0.6 is 15.9 Å². The van der Waals surface area contributed by atoms with Gasteiger partial charge in [-0.3, -0.25) is 0 Å². The van der Waals surface area contributed by atoms with Crippen molar-refractivity contribution in [1.29, 1.82) is 5.26 Å². The van der Waals surface area contributed by atoms with Crippen molar-refractivity contribution in [3.8, 4) is 6.07 Å². The van der Waals surface area contributed by atoms with E-state index in [0.29, 0.717) is 18.7 Å². The molecule has 20 heavy (non-hydrogen) atoms. The Morgan fingerprint density at radius 2 is 1.95 bits per heavy atom. The largest absolute Gasteiger partial charge is 0.387 e. The number of halogens is 1. The van der Waals surface area contributed by atoms with Crippen molar-refractivity contribution in [1.82, 2.24) is 5.32 Å². The molecule has 0 saturated carbocycles. The molecular formula is C16H15BrN2O. The first-order valence-corrected chi connectivity index (χ1v) is 7.11. The summed E-state index contributed by atoms with van der Waals surface area (Å²) in [5, 5.41) is 22.0. The molecule has 1 atom stereocenters. The molecule has 102 valence electrons. The van der Waals surface area contributed by atoms with E-state index in [4.69, 9.17) is 5.26 Å². The van der Waals surface area contributed by atoms with E-state index < -0.39 is 6.10 Å². The van der Waals surface area contributed by atoms with E-state index in [9.17, 15) is 5.11 Å². The van der Waals surface area contributed by atoms with Gasteiger partial charge in [0.2, 0.25) is 0 Å². The van der Waals surface area contributed by atoms with Crippen LogP contribution in [-0.4, -0.2) is 11.7 Å². The van der Waals surface area contributed by atoms with E-state index in [-0.39, 0.29) is 0 Å². The molecule has 1 unspecified atom stereocenters. The van der Waals surface area contributed by atoms with Gasteiger partial charge >= 0.3 is 0 Å². The van der Waals surface area contributed by atoms with Gasteiger partial charge in [0.1, 0.15) is 0 Å². The predicted molar refractivity (Wildman–Crippen MR) is 82.0 cm³/mol. The highest BCUT2D eigenvalue weighted by molar-refractivity contribution is 9.10. The van der Waals surface area contributed by atoms with Crippen LogP contribution < -0.4 is 5.32 Å². The quantitative estimate of drug-likeness (QED) is 0.885. The molecule has 2 aromatic carbocycles. The smallest absolute Gasteiger partial charge is 0.0991 e. The first-order chi connectivity index (χ1) is 9.69. The molecule has 2 aromatic rings. The molecular weight excluding hydrogens is 316 g/mol. The first-order valence-electron chi connectivity index (χ1n) is 6.32. The number of hydrogen-bond donors (Lipinski definition) is 2. The highest BCUT2D eigenvalue weighted by Crippen LogP contribution is 2.14. The molecule has 0 fully saturated rings. The van der Waals surface area contributed by atoms with Crippen molar-refractivity contribution in [2.24, 2.45) is 0 Å². The van der Waals surface area contributed by atoms with E-state index in [0.717, 1.165) is 15.6 Å². The Morgan fingerprint density at radius 3 is 2.60 bits per heavy atom. The van der Waals surface area contributed by atoms with Gasteiger partial charge in [-0.05, 0) is 35.4 Å². The molecule has 0 heterocycles. The van der Waals surface area contributed by atoms with Gasteiger partial charge in [-0.25, -0.2) is 0 Å². The lowest BCUT2D eigenvalue weighted by Crippen LogP contribution is -2.21. The topological polar surface area (TPSA) is 56.0 Å². The molecule has 0 aliphatic heterocycles. The molecule has 0 bridgehead atoms. The molecule has 4 heteroatoms. The fourth-order valence-electron chi connectivity index (χ4n) is 1.90. The van der Waals surface area contributed by atoms with Crippen LogP contribution in [0.3, 0.4) is 0 Å². The lowest BCUT2D eigenvalue weighted by atomic mass is 10.1. The van der Waals surface area contributed by atoms with Crippen LogP contribution in [-0.2, 0) is 6.54 Å². The lowest BCUT2D eigenvalue weighted by Gasteiger charge is -2.12. The maximum atomic E-state index is 10.1. The summed E-state index contributed by atoms with van der Waals surface area (Å²) in [6, 6.07) is 17.1. The Labute approximate surface area is 127 Å². The van der Waals surface area contributed by atoms with E-state index in [1.165, 1.54) is 0 Å². The zero-order valence-electron chi connectivity index (χ0n) is 10.9. The number of nitrogens with zero attached hydrogens (tertiary/aromatic N) is 1. The van der Waals surface area contributed by atoms with Crippen molar-refractivity contribution in [3.63, 3.8) is 0 Å². The minimum Gasteiger partial charge on any atom is -0.387 e. The van der Waals surface area contributed by atoms with Crippen molar-refractivity contribution in [2.75, 3.05) is 6.54 Å². The van der Waals surface area contributed by atoms with Gasteiger partial charge in [-0.2, -0.15) is 5.26 Å². The van der Waals surface area contributed by atoms with Crippen molar-refractivity contribution < 1.29 is 5.11 Å². The fraction of sp³-hybridized carbons (Fsp3) is 0.188. The first kappa shape index (κ1) is 14.7. The summed E-state index contributed by atoms with van der Waals surface area (Å²) in [7, 11) is 0. The third-order valence-electron chi connectivity index (χ3n) is 2.98. The van der Waals surface area contributed by atoms with Crippen LogP contribution in [0.2, 0.25) is 0 Å². The Bertz CT molecular complexity index is 605. The van der Waals surface area contributed by atoms with Crippen molar-refractivity contribution in [3.05, 3.63) is 69.7 Å². The second-order valence-corrected chi connectivity index (χ2v) is 5.43. The number of nitriles is 1. The third kappa shape index (κ3) is 4.17. The van der Waals surface area contributed by atoms with Crippen LogP contribution in [0.25, 0.3) is 0 Å². The Hall–Kier alpha value is -1.67. The minimum absolute atomic E-state index is 0.471. The van der Waals surface area contributed by atoms with Crippen molar-refractivity contribution in [2.45, 2.75) is 12.6 Å². The fourth-order valence-corrected chi connectivity index (χ4v) is 2.34. The number of rotatable bonds is 5. The number of nitrogens with one attached hydrogen (secondary N) is 1. The third-order valence-corrected chi connectivity index (χ3v) is 3.47. The van der Waals surface area contributed by atoms with E-state index >= 15 is 0 Å². The minimum atomic E-state index is -0.574. The van der Waals surface area contributed by atoms with Crippen LogP contribution in [0.1, 0.15) is 22.8 Å². The summed E-state index contributed by atoms with van der Waals surface area (Å²) >= 11 is 3.43. The molecule has 2 N–H and O–H groups in total. The summed E-state index contributed by atoms with van der Waals surface area (Å²) in [6.07, 6.45) is -0.574. The van der Waals surface area contributed by atoms with E-state index in [1.54, 1.807) is 24.3 Å². The summed E-state index contributed by atoms with van der Waals surface area (Å²) < 4.78 is 1.05. The molecule has 0 spiro atoms. The number of benzene rings is 2. The summed E-state index contributed by atoms with van der Waals surface area (Å²) in [5.74, 6) is 0. The molecule has 0 saturated heterocycles. The van der Waals surface area contributed by atoms with Crippen molar-refractivity contribution >= 4 is 15.9 Å². The van der Waals surface area contributed by atoms with Gasteiger partial charge < -0.3 is 10.4 Å². The van der Waals surface area contributed by atoms with E-state index in [2.05, 4.69) is 27.3 Å². The van der Waals surface area contributed by atoms with E-state index in [1.807, 2.05) is 24.3 Å². The van der Waals surface area contributed by atoms with Crippen LogP contribution in [0.4, 0.5) is 0 Å². The SMILES string of the molecule is N#Cc1ccc(C(O)CNCc2cccc(Br)c2)cc1. The number of aliphatic hydroxyl groups excluding tert-OH is 1. The van der Waals surface area contributed by atoms with Crippen LogP contribution in [0, 0.1) is 11.3 Å². The number of hydrogen-bond acceptors (Lipinski definition) is 3. The molecule has 0 radical (unpaired) electrons. The summed E-state index contributed by atoms with van der Waals surface area (Å²) in [4.78, 5) is 0. The van der Waals surface area contributed by atoms with Crippen LogP contribution in [0.5, 0.6) is 0 Å². The second-order valence-electron chi connectivity index (χ2n) is 4.51. The summed E-state index contributed by atoms with van der Waals surface area (Å²) in [5.41, 5.74) is 2.57. The predicted octanol–water partition coefficient (Wildman–Crippen LogP) is 3.14. The molecule has 0 aliphatic rings. The Morgan fingerprint density at radius 1 is 1.20 bits per heavy atom. The monoisotopic (exact) mass is 330 g/mol. The van der Waals surface area contributed by atoms with Gasteiger partial charge in [0.15, 0.2) is 0 Å². The maximum Gasteiger partial charge on any atom is 0.0991 e. The molecule has 2 rings (SSSR count). The van der Waals surface area contributed by atoms with Gasteiger partial charge in [-0.15, -0.1) is 0 Å². The maximum absolute atomic E-state index is 10.1. The Balaban J connectivity index is 1.85. The van der Waals surface area contributed by atoms with Crippen LogP contribution in [0.15, 0.2) is 53.0 Å². The zero-order chi connectivity index (χ0) is 14.4. The van der Waals surface area contributed by atoms with Gasteiger partial charge in [-0.1, -0.05) is 40.2 Å². The zero-order valence-corrected chi connectivity index (χ0v) is 12.5. The lowest BCUT2D eigenvalue weighted by molar-refractivity contribution is 0.174. The van der Waals surface area contributed by atoms with Gasteiger partial charge in [0.25, 0.3) is 0 Å². The standard InChI is InChI=1S/C16H15BrN2O/c17-15-3-1-2-13(8-15)10-19-11-16(20)14-6-4-12(9-18)5-7-14/h1-8,16,19-20H,10-11H2. The highest BCUT2D eigenvalue weighted by atomic mass is 79.9. The average Bonchev–Trinajstić information content (AvgIpc) is 2.47. The normalized spacial score (nSPS) is 11.8. The summed E-state index contributed by atoms with van der Waals surface area (Å²) in [6.45, 7) is 1.17. The van der Waals surface area contributed by atoms with Gasteiger partial charge in [0.05, 0.1) is 17.7 Å².